The summed E-state index contributed by atoms with van der Waals surface area (Å²) in [4.78, 5) is 39.6. The van der Waals surface area contributed by atoms with Gasteiger partial charge in [0.2, 0.25) is 5.91 Å². The normalized spacial score (nSPS) is 19.2. The Balaban J connectivity index is 1.79. The SMILES string of the molecule is CC[C@@H](C)c1ccccc1NC(=O)CN1C(=O)N[C@@](CC)(c2ccc(OC)cc2)C1=O. The van der Waals surface area contributed by atoms with Gasteiger partial charge in [0.15, 0.2) is 0 Å². The number of rotatable bonds is 8. The standard InChI is InChI=1S/C24H29N3O4/c1-5-16(3)19-9-7-8-10-20(19)25-21(28)15-27-22(29)24(6-2,26-23(27)30)17-11-13-18(31-4)14-12-17/h7-14,16H,5-6,15H2,1-4H3,(H,25,28)(H,26,30)/t16-,24+/m1/s1. The number of carbonyl (C=O) groups is 3. The molecular weight excluding hydrogens is 394 g/mol. The van der Waals surface area contributed by atoms with Crippen molar-refractivity contribution in [1.82, 2.24) is 10.2 Å². The van der Waals surface area contributed by atoms with Crippen LogP contribution in [0.2, 0.25) is 0 Å². The zero-order valence-corrected chi connectivity index (χ0v) is 18.4. The van der Waals surface area contributed by atoms with Gasteiger partial charge in [-0.1, -0.05) is 51.1 Å². The van der Waals surface area contributed by atoms with Crippen LogP contribution in [-0.2, 0) is 15.1 Å². The number of benzene rings is 2. The smallest absolute Gasteiger partial charge is 0.325 e. The van der Waals surface area contributed by atoms with Crippen molar-refractivity contribution in [3.63, 3.8) is 0 Å². The van der Waals surface area contributed by atoms with Crippen LogP contribution in [-0.4, -0.2) is 36.4 Å². The van der Waals surface area contributed by atoms with Crippen LogP contribution in [0.3, 0.4) is 0 Å². The fourth-order valence-electron chi connectivity index (χ4n) is 3.88. The van der Waals surface area contributed by atoms with Gasteiger partial charge in [-0.3, -0.25) is 14.5 Å². The minimum Gasteiger partial charge on any atom is -0.497 e. The van der Waals surface area contributed by atoms with Crippen LogP contribution in [0.25, 0.3) is 0 Å². The number of imide groups is 1. The second-order valence-electron chi connectivity index (χ2n) is 7.75. The van der Waals surface area contributed by atoms with Crippen LogP contribution >= 0.6 is 0 Å². The van der Waals surface area contributed by atoms with E-state index in [2.05, 4.69) is 24.5 Å². The largest absolute Gasteiger partial charge is 0.497 e. The molecule has 1 aliphatic rings. The molecule has 0 bridgehead atoms. The lowest BCUT2D eigenvalue weighted by atomic mass is 9.87. The molecular formula is C24H29N3O4. The third kappa shape index (κ3) is 4.26. The lowest BCUT2D eigenvalue weighted by Gasteiger charge is -2.26. The summed E-state index contributed by atoms with van der Waals surface area (Å²) in [5.74, 6) is 0.0791. The molecule has 3 rings (SSSR count). The van der Waals surface area contributed by atoms with E-state index in [0.717, 1.165) is 16.9 Å². The minimum atomic E-state index is -1.20. The van der Waals surface area contributed by atoms with Crippen LogP contribution in [0, 0.1) is 0 Å². The number of ether oxygens (including phenoxy) is 1. The van der Waals surface area contributed by atoms with Crippen molar-refractivity contribution in [2.45, 2.75) is 45.1 Å². The molecule has 0 aromatic heterocycles. The predicted octanol–water partition coefficient (Wildman–Crippen LogP) is 4.00. The predicted molar refractivity (Wildman–Crippen MR) is 119 cm³/mol. The van der Waals surface area contributed by atoms with Gasteiger partial charge >= 0.3 is 6.03 Å². The van der Waals surface area contributed by atoms with E-state index in [1.54, 1.807) is 31.4 Å². The molecule has 2 aromatic carbocycles. The van der Waals surface area contributed by atoms with E-state index < -0.39 is 23.4 Å². The molecule has 164 valence electrons. The molecule has 0 spiro atoms. The second-order valence-corrected chi connectivity index (χ2v) is 7.75. The highest BCUT2D eigenvalue weighted by atomic mass is 16.5. The average Bonchev–Trinajstić information content (AvgIpc) is 3.04. The van der Waals surface area contributed by atoms with Gasteiger partial charge in [0.05, 0.1) is 7.11 Å². The highest BCUT2D eigenvalue weighted by Gasteiger charge is 2.51. The van der Waals surface area contributed by atoms with E-state index >= 15 is 0 Å². The number of nitrogens with zero attached hydrogens (tertiary/aromatic N) is 1. The molecule has 0 aliphatic carbocycles. The number of amides is 4. The fourth-order valence-corrected chi connectivity index (χ4v) is 3.88. The number of hydrogen-bond donors (Lipinski definition) is 2. The van der Waals surface area contributed by atoms with Gasteiger partial charge in [-0.2, -0.15) is 0 Å². The Bertz CT molecular complexity index is 973. The third-order valence-corrected chi connectivity index (χ3v) is 5.97. The van der Waals surface area contributed by atoms with Crippen LogP contribution in [0.4, 0.5) is 10.5 Å². The van der Waals surface area contributed by atoms with Crippen LogP contribution < -0.4 is 15.4 Å². The molecule has 7 heteroatoms. The number of carbonyl (C=O) groups excluding carboxylic acids is 3. The molecule has 2 N–H and O–H groups in total. The third-order valence-electron chi connectivity index (χ3n) is 5.97. The molecule has 2 atom stereocenters. The van der Waals surface area contributed by atoms with Gasteiger partial charge < -0.3 is 15.4 Å². The lowest BCUT2D eigenvalue weighted by molar-refractivity contribution is -0.134. The Morgan fingerprint density at radius 3 is 2.42 bits per heavy atom. The maximum absolute atomic E-state index is 13.3. The Kier molecular flexibility index (Phi) is 6.63. The topological polar surface area (TPSA) is 87.7 Å². The molecule has 4 amide bonds. The summed E-state index contributed by atoms with van der Waals surface area (Å²) in [5, 5.41) is 5.66. The molecule has 1 aliphatic heterocycles. The maximum atomic E-state index is 13.3. The van der Waals surface area contributed by atoms with E-state index in [9.17, 15) is 14.4 Å². The highest BCUT2D eigenvalue weighted by Crippen LogP contribution is 2.33. The van der Waals surface area contributed by atoms with Crippen molar-refractivity contribution in [1.29, 1.82) is 0 Å². The molecule has 7 nitrogen and oxygen atoms in total. The van der Waals surface area contributed by atoms with Crippen LogP contribution in [0.5, 0.6) is 5.75 Å². The van der Waals surface area contributed by atoms with Gasteiger partial charge in [0.25, 0.3) is 5.91 Å². The number of nitrogens with one attached hydrogen (secondary N) is 2. The summed E-state index contributed by atoms with van der Waals surface area (Å²) in [7, 11) is 1.56. The van der Waals surface area contributed by atoms with Crippen LogP contribution in [0.15, 0.2) is 48.5 Å². The van der Waals surface area contributed by atoms with Gasteiger partial charge in [-0.25, -0.2) is 4.79 Å². The number of hydrogen-bond acceptors (Lipinski definition) is 4. The lowest BCUT2D eigenvalue weighted by Crippen LogP contribution is -2.44. The van der Waals surface area contributed by atoms with E-state index in [-0.39, 0.29) is 12.5 Å². The number of para-hydroxylation sites is 1. The van der Waals surface area contributed by atoms with E-state index in [0.29, 0.717) is 23.4 Å². The van der Waals surface area contributed by atoms with Crippen molar-refractivity contribution >= 4 is 23.5 Å². The van der Waals surface area contributed by atoms with E-state index in [1.807, 2.05) is 31.2 Å². The van der Waals surface area contributed by atoms with Crippen LogP contribution in [0.1, 0.15) is 50.7 Å². The van der Waals surface area contributed by atoms with Gasteiger partial charge in [0, 0.05) is 5.69 Å². The fraction of sp³-hybridized carbons (Fsp3) is 0.375. The van der Waals surface area contributed by atoms with Gasteiger partial charge in [0.1, 0.15) is 17.8 Å². The molecule has 0 radical (unpaired) electrons. The molecule has 1 heterocycles. The summed E-state index contributed by atoms with van der Waals surface area (Å²) in [5.41, 5.74) is 1.18. The van der Waals surface area contributed by atoms with E-state index in [4.69, 9.17) is 4.74 Å². The summed E-state index contributed by atoms with van der Waals surface area (Å²) in [6, 6.07) is 14.0. The molecule has 1 fully saturated rings. The molecule has 31 heavy (non-hydrogen) atoms. The second kappa shape index (κ2) is 9.20. The van der Waals surface area contributed by atoms with Crippen molar-refractivity contribution in [2.75, 3.05) is 19.0 Å². The first kappa shape index (κ1) is 22.3. The first-order chi connectivity index (χ1) is 14.9. The van der Waals surface area contributed by atoms with Gasteiger partial charge in [-0.15, -0.1) is 0 Å². The molecule has 0 saturated carbocycles. The van der Waals surface area contributed by atoms with E-state index in [1.165, 1.54) is 0 Å². The zero-order valence-electron chi connectivity index (χ0n) is 18.4. The highest BCUT2D eigenvalue weighted by molar-refractivity contribution is 6.10. The molecule has 1 saturated heterocycles. The number of anilines is 1. The first-order valence-electron chi connectivity index (χ1n) is 10.5. The minimum absolute atomic E-state index is 0.274. The first-order valence-corrected chi connectivity index (χ1v) is 10.5. The monoisotopic (exact) mass is 423 g/mol. The Morgan fingerprint density at radius 2 is 1.81 bits per heavy atom. The molecule has 2 aromatic rings. The van der Waals surface area contributed by atoms with Gasteiger partial charge in [-0.05, 0) is 48.1 Å². The van der Waals surface area contributed by atoms with Crippen molar-refractivity contribution in [3.8, 4) is 5.75 Å². The van der Waals surface area contributed by atoms with Crippen molar-refractivity contribution in [3.05, 3.63) is 59.7 Å². The summed E-state index contributed by atoms with van der Waals surface area (Å²) >= 11 is 0. The molecule has 0 unspecified atom stereocenters. The number of methoxy groups -OCH3 is 1. The maximum Gasteiger partial charge on any atom is 0.325 e. The Labute approximate surface area is 182 Å². The van der Waals surface area contributed by atoms with Crippen molar-refractivity contribution in [2.24, 2.45) is 0 Å². The summed E-state index contributed by atoms with van der Waals surface area (Å²) in [6.07, 6.45) is 1.29. The van der Waals surface area contributed by atoms with Crippen molar-refractivity contribution < 1.29 is 19.1 Å². The average molecular weight is 424 g/mol. The number of urea groups is 1. The Morgan fingerprint density at radius 1 is 1.13 bits per heavy atom. The Hall–Kier alpha value is -3.35. The summed E-state index contributed by atoms with van der Waals surface area (Å²) in [6.45, 7) is 5.65. The summed E-state index contributed by atoms with van der Waals surface area (Å²) < 4.78 is 5.18. The quantitative estimate of drug-likeness (QED) is 0.628. The zero-order chi connectivity index (χ0) is 22.6.